The van der Waals surface area contributed by atoms with Crippen LogP contribution in [0.1, 0.15) is 51.4 Å². The van der Waals surface area contributed by atoms with Gasteiger partial charge in [-0.15, -0.1) is 0 Å². The first-order valence-electron chi connectivity index (χ1n) is 7.96. The maximum atomic E-state index is 11.8. The fourth-order valence-electron chi connectivity index (χ4n) is 2.54. The molecule has 0 radical (unpaired) electrons. The molecule has 4 heteroatoms. The monoisotopic (exact) mass is 282 g/mol. The largest absolute Gasteiger partial charge is 0.396 e. The number of aliphatic hydroxyl groups excluding tert-OH is 1. The fourth-order valence-corrected chi connectivity index (χ4v) is 2.54. The number of rotatable bonds is 10. The number of amides is 1. The number of carbonyl (C=O) groups excluding carboxylic acids is 1. The minimum atomic E-state index is 0.117. The molecule has 0 spiro atoms. The van der Waals surface area contributed by atoms with Crippen LogP contribution in [0.3, 0.4) is 0 Å². The molecule has 0 saturated heterocycles. The molecular weight excluding hydrogens is 252 g/mol. The average molecular weight is 282 g/mol. The summed E-state index contributed by atoms with van der Waals surface area (Å²) in [6, 6.07) is 0. The van der Waals surface area contributed by atoms with Crippen LogP contribution in [-0.4, -0.2) is 49.2 Å². The first-order chi connectivity index (χ1) is 9.72. The molecule has 1 aliphatic carbocycles. The summed E-state index contributed by atoms with van der Waals surface area (Å²) in [5, 5.41) is 11.7. The molecule has 4 nitrogen and oxygen atoms in total. The Balaban J connectivity index is 2.02. The van der Waals surface area contributed by atoms with E-state index in [-0.39, 0.29) is 12.5 Å². The molecular formula is C16H30N2O2. The molecule has 1 rings (SSSR count). The van der Waals surface area contributed by atoms with E-state index in [9.17, 15) is 4.79 Å². The lowest BCUT2D eigenvalue weighted by Crippen LogP contribution is -2.36. The molecule has 20 heavy (non-hydrogen) atoms. The third-order valence-corrected chi connectivity index (χ3v) is 3.76. The van der Waals surface area contributed by atoms with E-state index in [1.807, 2.05) is 11.9 Å². The van der Waals surface area contributed by atoms with Crippen molar-refractivity contribution in [1.82, 2.24) is 10.2 Å². The summed E-state index contributed by atoms with van der Waals surface area (Å²) in [4.78, 5) is 13.8. The van der Waals surface area contributed by atoms with Crippen molar-refractivity contribution < 1.29 is 9.90 Å². The predicted molar refractivity (Wildman–Crippen MR) is 82.6 cm³/mol. The second-order valence-corrected chi connectivity index (χ2v) is 5.73. The van der Waals surface area contributed by atoms with E-state index in [1.54, 1.807) is 0 Å². The van der Waals surface area contributed by atoms with Crippen LogP contribution in [0.4, 0.5) is 0 Å². The minimum Gasteiger partial charge on any atom is -0.396 e. The predicted octanol–water partition coefficient (Wildman–Crippen LogP) is 2.09. The van der Waals surface area contributed by atoms with E-state index in [0.717, 1.165) is 38.8 Å². The molecule has 116 valence electrons. The Labute approximate surface area is 123 Å². The smallest absolute Gasteiger partial charge is 0.234 e. The molecule has 1 amide bonds. The van der Waals surface area contributed by atoms with Crippen LogP contribution in [-0.2, 0) is 4.79 Å². The quantitative estimate of drug-likeness (QED) is 0.476. The molecule has 0 aromatic heterocycles. The highest BCUT2D eigenvalue weighted by molar-refractivity contribution is 5.77. The lowest BCUT2D eigenvalue weighted by atomic mass is 9.97. The fraction of sp³-hybridized carbons (Fsp3) is 0.812. The van der Waals surface area contributed by atoms with Crippen molar-refractivity contribution in [2.24, 2.45) is 0 Å². The second-order valence-electron chi connectivity index (χ2n) is 5.73. The van der Waals surface area contributed by atoms with Crippen molar-refractivity contribution in [2.45, 2.75) is 51.4 Å². The molecule has 0 bridgehead atoms. The van der Waals surface area contributed by atoms with Crippen molar-refractivity contribution in [2.75, 3.05) is 33.3 Å². The summed E-state index contributed by atoms with van der Waals surface area (Å²) in [5.41, 5.74) is 1.51. The van der Waals surface area contributed by atoms with Gasteiger partial charge in [-0.3, -0.25) is 9.69 Å². The van der Waals surface area contributed by atoms with E-state index >= 15 is 0 Å². The lowest BCUT2D eigenvalue weighted by Gasteiger charge is -2.17. The van der Waals surface area contributed by atoms with E-state index in [0.29, 0.717) is 6.54 Å². The Morgan fingerprint density at radius 1 is 1.35 bits per heavy atom. The molecule has 0 aromatic rings. The summed E-state index contributed by atoms with van der Waals surface area (Å²) in [6.07, 6.45) is 11.3. The molecule has 1 aliphatic rings. The number of hydrogen-bond donors (Lipinski definition) is 2. The summed E-state index contributed by atoms with van der Waals surface area (Å²) in [7, 11) is 1.97. The van der Waals surface area contributed by atoms with Crippen LogP contribution in [0.2, 0.25) is 0 Å². The number of likely N-dealkylation sites (N-methyl/N-ethyl adjacent to an activating group) is 1. The number of unbranched alkanes of at least 4 members (excludes halogenated alkanes) is 2. The molecule has 0 heterocycles. The highest BCUT2D eigenvalue weighted by Crippen LogP contribution is 2.19. The van der Waals surface area contributed by atoms with E-state index in [2.05, 4.69) is 11.4 Å². The van der Waals surface area contributed by atoms with Gasteiger partial charge in [0.15, 0.2) is 0 Å². The zero-order valence-electron chi connectivity index (χ0n) is 12.9. The number of nitrogens with zero attached hydrogens (tertiary/aromatic N) is 1. The van der Waals surface area contributed by atoms with Gasteiger partial charge in [-0.25, -0.2) is 0 Å². The normalized spacial score (nSPS) is 15.2. The van der Waals surface area contributed by atoms with Crippen LogP contribution in [0, 0.1) is 0 Å². The van der Waals surface area contributed by atoms with Crippen molar-refractivity contribution in [3.63, 3.8) is 0 Å². The summed E-state index contributed by atoms with van der Waals surface area (Å²) < 4.78 is 0. The SMILES string of the molecule is CN(CCCCCO)CC(=O)NCCC1=CCCCC1. The molecule has 0 atom stereocenters. The van der Waals surface area contributed by atoms with Crippen LogP contribution in [0.15, 0.2) is 11.6 Å². The summed E-state index contributed by atoms with van der Waals surface area (Å²) in [5.74, 6) is 0.117. The average Bonchev–Trinajstić information content (AvgIpc) is 2.45. The maximum absolute atomic E-state index is 11.8. The topological polar surface area (TPSA) is 52.6 Å². The van der Waals surface area contributed by atoms with Crippen molar-refractivity contribution >= 4 is 5.91 Å². The number of hydrogen-bond acceptors (Lipinski definition) is 3. The molecule has 0 unspecified atom stereocenters. The van der Waals surface area contributed by atoms with Gasteiger partial charge in [-0.05, 0) is 65.0 Å². The van der Waals surface area contributed by atoms with Gasteiger partial charge in [0.2, 0.25) is 5.91 Å². The third-order valence-electron chi connectivity index (χ3n) is 3.76. The first-order valence-corrected chi connectivity index (χ1v) is 7.96. The number of allylic oxidation sites excluding steroid dienone is 1. The van der Waals surface area contributed by atoms with Crippen LogP contribution in [0.5, 0.6) is 0 Å². The van der Waals surface area contributed by atoms with Crippen LogP contribution < -0.4 is 5.32 Å². The van der Waals surface area contributed by atoms with E-state index in [1.165, 1.54) is 31.3 Å². The molecule has 0 aliphatic heterocycles. The Morgan fingerprint density at radius 3 is 2.90 bits per heavy atom. The Hall–Kier alpha value is -0.870. The van der Waals surface area contributed by atoms with Gasteiger partial charge < -0.3 is 10.4 Å². The van der Waals surface area contributed by atoms with Gasteiger partial charge in [0, 0.05) is 13.2 Å². The zero-order valence-corrected chi connectivity index (χ0v) is 12.9. The highest BCUT2D eigenvalue weighted by Gasteiger charge is 2.07. The molecule has 0 fully saturated rings. The molecule has 0 saturated carbocycles. The second kappa shape index (κ2) is 10.9. The van der Waals surface area contributed by atoms with E-state index < -0.39 is 0 Å². The number of nitrogens with one attached hydrogen (secondary N) is 1. The van der Waals surface area contributed by atoms with Crippen molar-refractivity contribution in [3.05, 3.63) is 11.6 Å². The minimum absolute atomic E-state index is 0.117. The standard InChI is InChI=1S/C16H30N2O2/c1-18(12-6-3-7-13-19)14-16(20)17-11-10-15-8-4-2-5-9-15/h8,19H,2-7,9-14H2,1H3,(H,17,20). The van der Waals surface area contributed by atoms with Gasteiger partial charge in [0.05, 0.1) is 6.54 Å². The molecule has 0 aromatic carbocycles. The van der Waals surface area contributed by atoms with Crippen LogP contribution >= 0.6 is 0 Å². The summed E-state index contributed by atoms with van der Waals surface area (Å²) in [6.45, 7) is 2.42. The van der Waals surface area contributed by atoms with Gasteiger partial charge in [0.1, 0.15) is 0 Å². The van der Waals surface area contributed by atoms with Gasteiger partial charge in [0.25, 0.3) is 0 Å². The van der Waals surface area contributed by atoms with Gasteiger partial charge in [-0.2, -0.15) is 0 Å². The van der Waals surface area contributed by atoms with Crippen LogP contribution in [0.25, 0.3) is 0 Å². The Bertz CT molecular complexity index is 303. The molecule has 2 N–H and O–H groups in total. The number of carbonyl (C=O) groups is 1. The van der Waals surface area contributed by atoms with Gasteiger partial charge >= 0.3 is 0 Å². The van der Waals surface area contributed by atoms with Crippen molar-refractivity contribution in [3.8, 4) is 0 Å². The lowest BCUT2D eigenvalue weighted by molar-refractivity contribution is -0.121. The van der Waals surface area contributed by atoms with Gasteiger partial charge in [-0.1, -0.05) is 11.6 Å². The van der Waals surface area contributed by atoms with E-state index in [4.69, 9.17) is 5.11 Å². The third kappa shape index (κ3) is 8.33. The maximum Gasteiger partial charge on any atom is 0.234 e. The highest BCUT2D eigenvalue weighted by atomic mass is 16.2. The zero-order chi connectivity index (χ0) is 14.6. The Kier molecular flexibility index (Phi) is 9.33. The Morgan fingerprint density at radius 2 is 2.20 bits per heavy atom. The first kappa shape index (κ1) is 17.2. The van der Waals surface area contributed by atoms with Crippen molar-refractivity contribution in [1.29, 1.82) is 0 Å². The summed E-state index contributed by atoms with van der Waals surface area (Å²) >= 11 is 0. The number of aliphatic hydroxyl groups is 1.